The molecule has 0 aliphatic heterocycles. The highest BCUT2D eigenvalue weighted by Crippen LogP contribution is 2.25. The highest BCUT2D eigenvalue weighted by atomic mass is 16.5. The number of ether oxygens (including phenoxy) is 1. The Kier molecular flexibility index (Phi) is 8.22. The minimum atomic E-state index is -0.0639. The average Bonchev–Trinajstić information content (AvgIpc) is 2.42. The number of nitrogens with one attached hydrogen (secondary N) is 2. The van der Waals surface area contributed by atoms with Crippen LogP contribution in [0.1, 0.15) is 38.5 Å². The molecule has 0 aromatic rings. The SMILES string of the molecule is COCCNC(=O)CCNC(=O)CC1CCC(N)CC1. The van der Waals surface area contributed by atoms with Crippen molar-refractivity contribution < 1.29 is 14.3 Å². The zero-order chi connectivity index (χ0) is 14.8. The van der Waals surface area contributed by atoms with Crippen LogP contribution in [-0.2, 0) is 14.3 Å². The summed E-state index contributed by atoms with van der Waals surface area (Å²) < 4.78 is 4.83. The quantitative estimate of drug-likeness (QED) is 0.554. The summed E-state index contributed by atoms with van der Waals surface area (Å²) in [5, 5.41) is 5.51. The number of hydrogen-bond acceptors (Lipinski definition) is 4. The van der Waals surface area contributed by atoms with E-state index in [1.165, 1.54) is 0 Å². The van der Waals surface area contributed by atoms with Crippen LogP contribution in [0, 0.1) is 5.92 Å². The molecule has 0 aromatic carbocycles. The summed E-state index contributed by atoms with van der Waals surface area (Å²) in [5.41, 5.74) is 5.84. The van der Waals surface area contributed by atoms with Gasteiger partial charge in [-0.3, -0.25) is 9.59 Å². The average molecular weight is 285 g/mol. The Hall–Kier alpha value is -1.14. The Balaban J connectivity index is 2.03. The summed E-state index contributed by atoms with van der Waals surface area (Å²) in [6, 6.07) is 0.310. The maximum Gasteiger partial charge on any atom is 0.221 e. The molecule has 0 radical (unpaired) electrons. The fourth-order valence-electron chi connectivity index (χ4n) is 2.42. The number of carbonyl (C=O) groups is 2. The largest absolute Gasteiger partial charge is 0.383 e. The predicted octanol–water partition coefficient (Wildman–Crippen LogP) is 0.163. The maximum absolute atomic E-state index is 11.7. The molecule has 20 heavy (non-hydrogen) atoms. The second-order valence-electron chi connectivity index (χ2n) is 5.43. The van der Waals surface area contributed by atoms with Crippen molar-refractivity contribution >= 4 is 11.8 Å². The molecule has 0 spiro atoms. The molecule has 1 saturated carbocycles. The highest BCUT2D eigenvalue weighted by molar-refractivity contribution is 5.79. The summed E-state index contributed by atoms with van der Waals surface area (Å²) >= 11 is 0. The van der Waals surface area contributed by atoms with Gasteiger partial charge in [-0.15, -0.1) is 0 Å². The monoisotopic (exact) mass is 285 g/mol. The van der Waals surface area contributed by atoms with Gasteiger partial charge in [-0.1, -0.05) is 0 Å². The Labute approximate surface area is 120 Å². The van der Waals surface area contributed by atoms with Crippen molar-refractivity contribution in [1.82, 2.24) is 10.6 Å². The number of carbonyl (C=O) groups excluding carboxylic acids is 2. The van der Waals surface area contributed by atoms with Crippen LogP contribution >= 0.6 is 0 Å². The second-order valence-corrected chi connectivity index (χ2v) is 5.43. The molecule has 0 bridgehead atoms. The predicted molar refractivity (Wildman–Crippen MR) is 77.1 cm³/mol. The smallest absolute Gasteiger partial charge is 0.221 e. The first kappa shape index (κ1) is 16.9. The van der Waals surface area contributed by atoms with Gasteiger partial charge in [0, 0.05) is 39.1 Å². The van der Waals surface area contributed by atoms with Crippen LogP contribution in [0.3, 0.4) is 0 Å². The molecule has 0 atom stereocenters. The van der Waals surface area contributed by atoms with Crippen LogP contribution in [0.4, 0.5) is 0 Å². The fraction of sp³-hybridized carbons (Fsp3) is 0.857. The molecule has 1 fully saturated rings. The van der Waals surface area contributed by atoms with Crippen LogP contribution in [0.5, 0.6) is 0 Å². The third-order valence-corrected chi connectivity index (χ3v) is 3.67. The van der Waals surface area contributed by atoms with Gasteiger partial charge in [0.05, 0.1) is 6.61 Å². The molecule has 116 valence electrons. The fourth-order valence-corrected chi connectivity index (χ4v) is 2.42. The first-order valence-corrected chi connectivity index (χ1v) is 7.39. The van der Waals surface area contributed by atoms with Crippen molar-refractivity contribution in [2.45, 2.75) is 44.6 Å². The zero-order valence-electron chi connectivity index (χ0n) is 12.3. The summed E-state index contributed by atoms with van der Waals surface area (Å²) in [6.07, 6.45) is 4.96. The maximum atomic E-state index is 11.7. The first-order valence-electron chi connectivity index (χ1n) is 7.39. The third-order valence-electron chi connectivity index (χ3n) is 3.67. The van der Waals surface area contributed by atoms with E-state index in [1.807, 2.05) is 0 Å². The molecule has 0 saturated heterocycles. The summed E-state index contributed by atoms with van der Waals surface area (Å²) in [5.74, 6) is 0.423. The number of amides is 2. The zero-order valence-corrected chi connectivity index (χ0v) is 12.3. The van der Waals surface area contributed by atoms with Crippen molar-refractivity contribution in [2.75, 3.05) is 26.8 Å². The van der Waals surface area contributed by atoms with E-state index in [4.69, 9.17) is 10.5 Å². The van der Waals surface area contributed by atoms with E-state index in [-0.39, 0.29) is 11.8 Å². The van der Waals surface area contributed by atoms with Crippen molar-refractivity contribution in [3.05, 3.63) is 0 Å². The Morgan fingerprint density at radius 2 is 1.75 bits per heavy atom. The van der Waals surface area contributed by atoms with Gasteiger partial charge in [-0.2, -0.15) is 0 Å². The Morgan fingerprint density at radius 3 is 2.40 bits per heavy atom. The van der Waals surface area contributed by atoms with Crippen LogP contribution < -0.4 is 16.4 Å². The molecular weight excluding hydrogens is 258 g/mol. The Morgan fingerprint density at radius 1 is 1.10 bits per heavy atom. The molecule has 1 aliphatic carbocycles. The molecule has 2 amide bonds. The Bertz CT molecular complexity index is 302. The molecule has 6 nitrogen and oxygen atoms in total. The van der Waals surface area contributed by atoms with Crippen LogP contribution in [0.2, 0.25) is 0 Å². The van der Waals surface area contributed by atoms with Crippen molar-refractivity contribution in [2.24, 2.45) is 11.7 Å². The van der Waals surface area contributed by atoms with Gasteiger partial charge in [0.2, 0.25) is 11.8 Å². The molecule has 0 aromatic heterocycles. The van der Waals surface area contributed by atoms with E-state index in [0.717, 1.165) is 25.7 Å². The van der Waals surface area contributed by atoms with E-state index < -0.39 is 0 Å². The van der Waals surface area contributed by atoms with Gasteiger partial charge in [0.15, 0.2) is 0 Å². The van der Waals surface area contributed by atoms with Crippen molar-refractivity contribution in [3.63, 3.8) is 0 Å². The normalized spacial score (nSPS) is 22.3. The number of nitrogens with two attached hydrogens (primary N) is 1. The number of rotatable bonds is 8. The van der Waals surface area contributed by atoms with Gasteiger partial charge in [0.25, 0.3) is 0 Å². The van der Waals surface area contributed by atoms with Crippen LogP contribution in [-0.4, -0.2) is 44.7 Å². The van der Waals surface area contributed by atoms with Gasteiger partial charge in [-0.25, -0.2) is 0 Å². The second kappa shape index (κ2) is 9.72. The summed E-state index contributed by atoms with van der Waals surface area (Å²) in [7, 11) is 1.59. The van der Waals surface area contributed by atoms with Gasteiger partial charge < -0.3 is 21.1 Å². The number of methoxy groups -OCH3 is 1. The lowest BCUT2D eigenvalue weighted by atomic mass is 9.84. The van der Waals surface area contributed by atoms with E-state index in [2.05, 4.69) is 10.6 Å². The molecule has 0 unspecified atom stereocenters. The molecule has 0 heterocycles. The lowest BCUT2D eigenvalue weighted by Gasteiger charge is -2.25. The first-order chi connectivity index (χ1) is 9.61. The minimum Gasteiger partial charge on any atom is -0.383 e. The molecule has 4 N–H and O–H groups in total. The van der Waals surface area contributed by atoms with Crippen molar-refractivity contribution in [3.8, 4) is 0 Å². The lowest BCUT2D eigenvalue weighted by Crippen LogP contribution is -2.34. The van der Waals surface area contributed by atoms with Crippen LogP contribution in [0.25, 0.3) is 0 Å². The summed E-state index contributed by atoms with van der Waals surface area (Å²) in [6.45, 7) is 1.40. The molecule has 1 aliphatic rings. The summed E-state index contributed by atoms with van der Waals surface area (Å²) in [4.78, 5) is 23.1. The van der Waals surface area contributed by atoms with E-state index in [0.29, 0.717) is 44.5 Å². The topological polar surface area (TPSA) is 93.5 Å². The van der Waals surface area contributed by atoms with Gasteiger partial charge in [0.1, 0.15) is 0 Å². The van der Waals surface area contributed by atoms with Crippen LogP contribution in [0.15, 0.2) is 0 Å². The third kappa shape index (κ3) is 7.45. The molecule has 6 heteroatoms. The van der Waals surface area contributed by atoms with Gasteiger partial charge in [-0.05, 0) is 31.6 Å². The molecular formula is C14H27N3O3. The van der Waals surface area contributed by atoms with Crippen molar-refractivity contribution in [1.29, 1.82) is 0 Å². The van der Waals surface area contributed by atoms with E-state index >= 15 is 0 Å². The van der Waals surface area contributed by atoms with E-state index in [1.54, 1.807) is 7.11 Å². The standard InChI is InChI=1S/C14H27N3O3/c1-20-9-8-17-13(18)6-7-16-14(19)10-11-2-4-12(15)5-3-11/h11-12H,2-10,15H2,1H3,(H,16,19)(H,17,18). The molecule has 1 rings (SSSR count). The highest BCUT2D eigenvalue weighted by Gasteiger charge is 2.20. The number of hydrogen-bond donors (Lipinski definition) is 3. The van der Waals surface area contributed by atoms with E-state index in [9.17, 15) is 9.59 Å². The minimum absolute atomic E-state index is 0.0372. The lowest BCUT2D eigenvalue weighted by molar-refractivity contribution is -0.123. The van der Waals surface area contributed by atoms with Gasteiger partial charge >= 0.3 is 0 Å².